The molecule has 1 aromatic rings. The van der Waals surface area contributed by atoms with E-state index in [1.807, 2.05) is 4.57 Å². The summed E-state index contributed by atoms with van der Waals surface area (Å²) in [6.45, 7) is 3.53. The molecule has 0 aliphatic carbocycles. The SMILES string of the molecule is CCC(N)Cc1nncn1CCOC. The predicted octanol–water partition coefficient (Wildman–Crippen LogP) is 0.204. The molecule has 0 amide bonds. The lowest BCUT2D eigenvalue weighted by molar-refractivity contribution is 0.186. The normalized spacial score (nSPS) is 13.1. The van der Waals surface area contributed by atoms with Crippen LogP contribution in [0.3, 0.4) is 0 Å². The zero-order valence-corrected chi connectivity index (χ0v) is 8.81. The van der Waals surface area contributed by atoms with Gasteiger partial charge in [-0.15, -0.1) is 10.2 Å². The first kappa shape index (κ1) is 11.1. The molecule has 5 heteroatoms. The maximum absolute atomic E-state index is 5.85. The Balaban J connectivity index is 2.53. The first-order valence-electron chi connectivity index (χ1n) is 4.89. The minimum Gasteiger partial charge on any atom is -0.383 e. The van der Waals surface area contributed by atoms with Gasteiger partial charge in [0, 0.05) is 26.1 Å². The maximum Gasteiger partial charge on any atom is 0.134 e. The number of ether oxygens (including phenoxy) is 1. The van der Waals surface area contributed by atoms with Crippen LogP contribution in [0.15, 0.2) is 6.33 Å². The van der Waals surface area contributed by atoms with Crippen molar-refractivity contribution in [3.63, 3.8) is 0 Å². The Kier molecular flexibility index (Phi) is 4.55. The zero-order valence-electron chi connectivity index (χ0n) is 8.81. The Morgan fingerprint density at radius 1 is 1.64 bits per heavy atom. The Morgan fingerprint density at radius 2 is 2.43 bits per heavy atom. The molecule has 2 N–H and O–H groups in total. The lowest BCUT2D eigenvalue weighted by Crippen LogP contribution is -2.24. The summed E-state index contributed by atoms with van der Waals surface area (Å²) < 4.78 is 6.98. The van der Waals surface area contributed by atoms with Crippen molar-refractivity contribution in [2.75, 3.05) is 13.7 Å². The van der Waals surface area contributed by atoms with Crippen LogP contribution in [-0.4, -0.2) is 34.5 Å². The highest BCUT2D eigenvalue weighted by atomic mass is 16.5. The number of methoxy groups -OCH3 is 1. The summed E-state index contributed by atoms with van der Waals surface area (Å²) >= 11 is 0. The van der Waals surface area contributed by atoms with Crippen molar-refractivity contribution in [2.24, 2.45) is 5.73 Å². The van der Waals surface area contributed by atoms with E-state index in [4.69, 9.17) is 10.5 Å². The van der Waals surface area contributed by atoms with Gasteiger partial charge in [-0.25, -0.2) is 0 Å². The first-order chi connectivity index (χ1) is 6.77. The Labute approximate surface area is 84.3 Å². The molecule has 0 radical (unpaired) electrons. The van der Waals surface area contributed by atoms with Crippen molar-refractivity contribution in [1.29, 1.82) is 0 Å². The summed E-state index contributed by atoms with van der Waals surface area (Å²) in [5.74, 6) is 0.941. The monoisotopic (exact) mass is 198 g/mol. The average molecular weight is 198 g/mol. The van der Waals surface area contributed by atoms with E-state index in [0.29, 0.717) is 6.61 Å². The molecule has 0 spiro atoms. The van der Waals surface area contributed by atoms with Crippen LogP contribution in [-0.2, 0) is 17.7 Å². The summed E-state index contributed by atoms with van der Waals surface area (Å²) in [4.78, 5) is 0. The topological polar surface area (TPSA) is 66.0 Å². The van der Waals surface area contributed by atoms with E-state index in [9.17, 15) is 0 Å². The van der Waals surface area contributed by atoms with Crippen molar-refractivity contribution < 1.29 is 4.74 Å². The summed E-state index contributed by atoms with van der Waals surface area (Å²) in [6, 6.07) is 0.167. The predicted molar refractivity (Wildman–Crippen MR) is 53.9 cm³/mol. The third kappa shape index (κ3) is 3.08. The smallest absolute Gasteiger partial charge is 0.134 e. The van der Waals surface area contributed by atoms with Crippen LogP contribution >= 0.6 is 0 Å². The third-order valence-corrected chi connectivity index (χ3v) is 2.20. The van der Waals surface area contributed by atoms with E-state index in [2.05, 4.69) is 17.1 Å². The van der Waals surface area contributed by atoms with Gasteiger partial charge in [0.15, 0.2) is 0 Å². The molecular formula is C9H18N4O. The second-order valence-electron chi connectivity index (χ2n) is 3.31. The molecule has 1 aromatic heterocycles. The summed E-state index contributed by atoms with van der Waals surface area (Å²) in [5, 5.41) is 7.90. The van der Waals surface area contributed by atoms with Crippen LogP contribution < -0.4 is 5.73 Å². The second kappa shape index (κ2) is 5.72. The van der Waals surface area contributed by atoms with Crippen LogP contribution in [0.1, 0.15) is 19.2 Å². The molecule has 1 heterocycles. The van der Waals surface area contributed by atoms with E-state index in [1.165, 1.54) is 0 Å². The Hall–Kier alpha value is -0.940. The minimum absolute atomic E-state index is 0.167. The first-order valence-corrected chi connectivity index (χ1v) is 4.89. The molecule has 0 saturated carbocycles. The number of nitrogens with two attached hydrogens (primary N) is 1. The van der Waals surface area contributed by atoms with E-state index in [1.54, 1.807) is 13.4 Å². The number of hydrogen-bond acceptors (Lipinski definition) is 4. The molecule has 0 aliphatic rings. The van der Waals surface area contributed by atoms with Crippen molar-refractivity contribution in [2.45, 2.75) is 32.4 Å². The largest absolute Gasteiger partial charge is 0.383 e. The van der Waals surface area contributed by atoms with Gasteiger partial charge in [-0.3, -0.25) is 0 Å². The van der Waals surface area contributed by atoms with Gasteiger partial charge in [0.1, 0.15) is 12.2 Å². The van der Waals surface area contributed by atoms with Crippen LogP contribution in [0, 0.1) is 0 Å². The molecule has 1 rings (SSSR count). The fourth-order valence-electron chi connectivity index (χ4n) is 1.19. The molecule has 5 nitrogen and oxygen atoms in total. The molecule has 0 saturated heterocycles. The highest BCUT2D eigenvalue weighted by molar-refractivity contribution is 4.89. The van der Waals surface area contributed by atoms with E-state index in [0.717, 1.165) is 25.2 Å². The Bertz CT molecular complexity index is 261. The lowest BCUT2D eigenvalue weighted by Gasteiger charge is -2.09. The molecule has 1 unspecified atom stereocenters. The molecular weight excluding hydrogens is 180 g/mol. The minimum atomic E-state index is 0.167. The lowest BCUT2D eigenvalue weighted by atomic mass is 10.1. The number of rotatable bonds is 6. The number of hydrogen-bond donors (Lipinski definition) is 1. The van der Waals surface area contributed by atoms with Crippen LogP contribution in [0.5, 0.6) is 0 Å². The van der Waals surface area contributed by atoms with Crippen molar-refractivity contribution >= 4 is 0 Å². The molecule has 0 aromatic carbocycles. The van der Waals surface area contributed by atoms with Gasteiger partial charge in [0.2, 0.25) is 0 Å². The molecule has 0 fully saturated rings. The van der Waals surface area contributed by atoms with Gasteiger partial charge in [0.05, 0.1) is 6.61 Å². The van der Waals surface area contributed by atoms with Crippen LogP contribution in [0.25, 0.3) is 0 Å². The summed E-state index contributed by atoms with van der Waals surface area (Å²) in [5.41, 5.74) is 5.85. The highest BCUT2D eigenvalue weighted by Gasteiger charge is 2.07. The van der Waals surface area contributed by atoms with Crippen LogP contribution in [0.2, 0.25) is 0 Å². The second-order valence-corrected chi connectivity index (χ2v) is 3.31. The van der Waals surface area contributed by atoms with Gasteiger partial charge >= 0.3 is 0 Å². The number of aromatic nitrogens is 3. The quantitative estimate of drug-likeness (QED) is 0.709. The maximum atomic E-state index is 5.85. The highest BCUT2D eigenvalue weighted by Crippen LogP contribution is 2.01. The number of nitrogens with zero attached hydrogens (tertiary/aromatic N) is 3. The fraction of sp³-hybridized carbons (Fsp3) is 0.778. The fourth-order valence-corrected chi connectivity index (χ4v) is 1.19. The van der Waals surface area contributed by atoms with E-state index < -0.39 is 0 Å². The molecule has 1 atom stereocenters. The summed E-state index contributed by atoms with van der Waals surface area (Å²) in [7, 11) is 1.68. The standard InChI is InChI=1S/C9H18N4O/c1-3-8(10)6-9-12-11-7-13(9)4-5-14-2/h7-8H,3-6,10H2,1-2H3. The van der Waals surface area contributed by atoms with Crippen LogP contribution in [0.4, 0.5) is 0 Å². The average Bonchev–Trinajstić information content (AvgIpc) is 2.62. The Morgan fingerprint density at radius 3 is 3.07 bits per heavy atom. The molecule has 14 heavy (non-hydrogen) atoms. The van der Waals surface area contributed by atoms with Gasteiger partial charge in [-0.1, -0.05) is 6.92 Å². The van der Waals surface area contributed by atoms with E-state index >= 15 is 0 Å². The van der Waals surface area contributed by atoms with Gasteiger partial charge in [0.25, 0.3) is 0 Å². The molecule has 80 valence electrons. The van der Waals surface area contributed by atoms with Gasteiger partial charge < -0.3 is 15.0 Å². The third-order valence-electron chi connectivity index (χ3n) is 2.20. The molecule has 0 bridgehead atoms. The molecule has 0 aliphatic heterocycles. The van der Waals surface area contributed by atoms with Crippen molar-refractivity contribution in [3.8, 4) is 0 Å². The zero-order chi connectivity index (χ0) is 10.4. The van der Waals surface area contributed by atoms with Crippen molar-refractivity contribution in [3.05, 3.63) is 12.2 Å². The van der Waals surface area contributed by atoms with E-state index in [-0.39, 0.29) is 6.04 Å². The van der Waals surface area contributed by atoms with Gasteiger partial charge in [-0.2, -0.15) is 0 Å². The summed E-state index contributed by atoms with van der Waals surface area (Å²) in [6.07, 6.45) is 3.45. The van der Waals surface area contributed by atoms with Gasteiger partial charge in [-0.05, 0) is 6.42 Å². The van der Waals surface area contributed by atoms with Crippen molar-refractivity contribution in [1.82, 2.24) is 14.8 Å².